The minimum atomic E-state index is -4.57. The van der Waals surface area contributed by atoms with Gasteiger partial charge in [-0.05, 0) is 75.2 Å². The summed E-state index contributed by atoms with van der Waals surface area (Å²) in [6.45, 7) is 6.84. The van der Waals surface area contributed by atoms with E-state index in [4.69, 9.17) is 0 Å². The summed E-state index contributed by atoms with van der Waals surface area (Å²) >= 11 is 0. The topological polar surface area (TPSA) is 98.7 Å². The number of benzene rings is 4. The van der Waals surface area contributed by atoms with Crippen LogP contribution in [0.3, 0.4) is 0 Å². The quantitative estimate of drug-likeness (QED) is 0.172. The molecule has 0 atom stereocenters. The number of rotatable bonds is 6. The van der Waals surface area contributed by atoms with Gasteiger partial charge in [0.1, 0.15) is 5.75 Å². The lowest BCUT2D eigenvalue weighted by atomic mass is 9.82. The fourth-order valence-electron chi connectivity index (χ4n) is 5.30. The molecule has 220 valence electrons. The molecule has 0 unspecified atom stereocenters. The number of aliphatic carboxylic acids is 1. The fraction of sp³-hybridized carbons (Fsp3) is 0.176. The normalized spacial score (nSPS) is 14.3. The number of phenolic OH excluding ortho intramolecular Hbond substituents is 1. The lowest BCUT2D eigenvalue weighted by Crippen LogP contribution is -2.28. The number of phenols is 1. The molecule has 1 aliphatic heterocycles. The van der Waals surface area contributed by atoms with Crippen LogP contribution >= 0.6 is 0 Å². The van der Waals surface area contributed by atoms with Crippen molar-refractivity contribution in [1.82, 2.24) is 0 Å². The van der Waals surface area contributed by atoms with Gasteiger partial charge in [-0.15, -0.1) is 0 Å². The summed E-state index contributed by atoms with van der Waals surface area (Å²) in [5, 5.41) is 26.7. The van der Waals surface area contributed by atoms with E-state index < -0.39 is 29.0 Å². The first kappa shape index (κ1) is 29.4. The maximum atomic E-state index is 13.4. The third-order valence-corrected chi connectivity index (χ3v) is 7.54. The molecular formula is C34H29F3N2O4. The van der Waals surface area contributed by atoms with E-state index in [0.29, 0.717) is 33.6 Å². The van der Waals surface area contributed by atoms with Gasteiger partial charge >= 0.3 is 12.1 Å². The average molecular weight is 587 g/mol. The van der Waals surface area contributed by atoms with Crippen LogP contribution in [0, 0.1) is 13.8 Å². The zero-order valence-electron chi connectivity index (χ0n) is 23.9. The maximum Gasteiger partial charge on any atom is 0.416 e. The molecule has 4 aromatic rings. The number of para-hydroxylation sites is 1. The minimum Gasteiger partial charge on any atom is -0.507 e. The van der Waals surface area contributed by atoms with E-state index in [9.17, 15) is 33.0 Å². The van der Waals surface area contributed by atoms with Crippen LogP contribution < -0.4 is 10.6 Å². The molecule has 1 aliphatic rings. The SMILES string of the molecule is Cc1cc(C)cc(C(Nc2cccc(-c3cccc(C(C)(C)C(=O)O)c3O)c2)=C2C(=O)Nc3cc(C(F)(F)F)ccc32)c1. The Hall–Kier alpha value is -5.05. The Bertz CT molecular complexity index is 1800. The molecule has 0 saturated carbocycles. The molecule has 43 heavy (non-hydrogen) atoms. The van der Waals surface area contributed by atoms with Gasteiger partial charge in [-0.3, -0.25) is 9.59 Å². The van der Waals surface area contributed by atoms with Crippen molar-refractivity contribution in [2.45, 2.75) is 39.3 Å². The zero-order chi connectivity index (χ0) is 31.3. The van der Waals surface area contributed by atoms with E-state index in [1.165, 1.54) is 19.9 Å². The summed E-state index contributed by atoms with van der Waals surface area (Å²) in [4.78, 5) is 25.2. The molecule has 0 aliphatic carbocycles. The second-order valence-electron chi connectivity index (χ2n) is 11.2. The van der Waals surface area contributed by atoms with Crippen molar-refractivity contribution in [2.24, 2.45) is 0 Å². The molecular weight excluding hydrogens is 557 g/mol. The summed E-state index contributed by atoms with van der Waals surface area (Å²) in [7, 11) is 0. The number of carbonyl (C=O) groups is 2. The second kappa shape index (κ2) is 10.7. The van der Waals surface area contributed by atoms with Crippen LogP contribution in [0.4, 0.5) is 24.5 Å². The summed E-state index contributed by atoms with van der Waals surface area (Å²) in [6.07, 6.45) is -4.57. The molecule has 0 saturated heterocycles. The lowest BCUT2D eigenvalue weighted by Gasteiger charge is -2.22. The molecule has 0 spiro atoms. The van der Waals surface area contributed by atoms with Crippen molar-refractivity contribution in [3.05, 3.63) is 112 Å². The fourth-order valence-corrected chi connectivity index (χ4v) is 5.30. The molecule has 4 N–H and O–H groups in total. The van der Waals surface area contributed by atoms with Crippen LogP contribution in [0.1, 0.15) is 47.2 Å². The van der Waals surface area contributed by atoms with Crippen LogP contribution in [0.2, 0.25) is 0 Å². The number of halogens is 3. The Labute approximate surface area is 246 Å². The molecule has 6 nitrogen and oxygen atoms in total. The minimum absolute atomic E-state index is 0.0648. The smallest absolute Gasteiger partial charge is 0.416 e. The zero-order valence-corrected chi connectivity index (χ0v) is 23.9. The number of nitrogens with one attached hydrogen (secondary N) is 2. The predicted octanol–water partition coefficient (Wildman–Crippen LogP) is 7.99. The van der Waals surface area contributed by atoms with Gasteiger partial charge in [0.05, 0.1) is 22.2 Å². The molecule has 0 fully saturated rings. The molecule has 0 radical (unpaired) electrons. The van der Waals surface area contributed by atoms with Gasteiger partial charge in [0.15, 0.2) is 0 Å². The van der Waals surface area contributed by atoms with Gasteiger partial charge in [0.25, 0.3) is 5.91 Å². The van der Waals surface area contributed by atoms with Crippen molar-refractivity contribution in [2.75, 3.05) is 10.6 Å². The second-order valence-corrected chi connectivity index (χ2v) is 11.2. The Kier molecular flexibility index (Phi) is 7.29. The van der Waals surface area contributed by atoms with Gasteiger partial charge in [-0.2, -0.15) is 13.2 Å². The molecule has 0 aromatic heterocycles. The van der Waals surface area contributed by atoms with Crippen molar-refractivity contribution >= 4 is 34.5 Å². The van der Waals surface area contributed by atoms with Crippen LogP contribution in [-0.2, 0) is 21.2 Å². The largest absolute Gasteiger partial charge is 0.507 e. The monoisotopic (exact) mass is 586 g/mol. The highest BCUT2D eigenvalue weighted by atomic mass is 19.4. The molecule has 4 aromatic carbocycles. The molecule has 0 bridgehead atoms. The summed E-state index contributed by atoms with van der Waals surface area (Å²) in [5.41, 5.74) is 3.08. The number of aryl methyl sites for hydroxylation is 2. The van der Waals surface area contributed by atoms with E-state index in [1.54, 1.807) is 42.5 Å². The summed E-state index contributed by atoms with van der Waals surface area (Å²) < 4.78 is 40.2. The number of aromatic hydroxyl groups is 1. The Balaban J connectivity index is 1.65. The predicted molar refractivity (Wildman–Crippen MR) is 161 cm³/mol. The van der Waals surface area contributed by atoms with Gasteiger partial charge in [0, 0.05) is 28.1 Å². The standard InChI is InChI=1S/C34H29F3N2O4/c1-18-13-19(2)15-21(14-18)29(28-25-12-11-22(34(35,36)37)17-27(25)39-31(28)41)38-23-8-5-7-20(16-23)24-9-6-10-26(30(24)40)33(3,4)32(42)43/h5-17,38,40H,1-4H3,(H,39,41)(H,42,43). The van der Waals surface area contributed by atoms with E-state index in [-0.39, 0.29) is 22.6 Å². The highest BCUT2D eigenvalue weighted by Gasteiger charge is 2.35. The number of hydrogen-bond donors (Lipinski definition) is 4. The van der Waals surface area contributed by atoms with Crippen LogP contribution in [0.15, 0.2) is 78.9 Å². The van der Waals surface area contributed by atoms with E-state index >= 15 is 0 Å². The Morgan fingerprint density at radius 3 is 2.19 bits per heavy atom. The molecule has 9 heteroatoms. The van der Waals surface area contributed by atoms with Gasteiger partial charge < -0.3 is 20.8 Å². The van der Waals surface area contributed by atoms with Crippen LogP contribution in [0.5, 0.6) is 5.75 Å². The van der Waals surface area contributed by atoms with E-state index in [0.717, 1.165) is 23.3 Å². The van der Waals surface area contributed by atoms with Crippen molar-refractivity contribution in [3.8, 4) is 16.9 Å². The highest BCUT2D eigenvalue weighted by molar-refractivity contribution is 6.37. The number of carboxylic acid groups (broad SMARTS) is 1. The number of anilines is 2. The van der Waals surface area contributed by atoms with E-state index in [1.807, 2.05) is 32.0 Å². The highest BCUT2D eigenvalue weighted by Crippen LogP contribution is 2.42. The van der Waals surface area contributed by atoms with Crippen LogP contribution in [-0.4, -0.2) is 22.1 Å². The number of alkyl halides is 3. The first-order chi connectivity index (χ1) is 20.2. The molecule has 1 amide bonds. The first-order valence-corrected chi connectivity index (χ1v) is 13.5. The maximum absolute atomic E-state index is 13.4. The number of fused-ring (bicyclic) bond motifs is 1. The Morgan fingerprint density at radius 1 is 0.860 bits per heavy atom. The summed E-state index contributed by atoms with van der Waals surface area (Å²) in [5.74, 6) is -1.80. The number of amides is 1. The first-order valence-electron chi connectivity index (χ1n) is 13.5. The number of hydrogen-bond acceptors (Lipinski definition) is 4. The third kappa shape index (κ3) is 5.58. The van der Waals surface area contributed by atoms with E-state index in [2.05, 4.69) is 10.6 Å². The lowest BCUT2D eigenvalue weighted by molar-refractivity contribution is -0.142. The Morgan fingerprint density at radius 2 is 1.53 bits per heavy atom. The van der Waals surface area contributed by atoms with Crippen LogP contribution in [0.25, 0.3) is 22.4 Å². The molecule has 5 rings (SSSR count). The van der Waals surface area contributed by atoms with Crippen molar-refractivity contribution in [1.29, 1.82) is 0 Å². The van der Waals surface area contributed by atoms with Gasteiger partial charge in [-0.1, -0.05) is 53.6 Å². The third-order valence-electron chi connectivity index (χ3n) is 7.54. The number of carbonyl (C=O) groups excluding carboxylic acids is 1. The number of carboxylic acids is 1. The molecule has 1 heterocycles. The van der Waals surface area contributed by atoms with Gasteiger partial charge in [-0.25, -0.2) is 0 Å². The summed E-state index contributed by atoms with van der Waals surface area (Å²) in [6, 6.07) is 20.8. The van der Waals surface area contributed by atoms with Crippen molar-refractivity contribution < 1.29 is 33.0 Å². The van der Waals surface area contributed by atoms with Crippen molar-refractivity contribution in [3.63, 3.8) is 0 Å². The average Bonchev–Trinajstić information content (AvgIpc) is 3.25. The van der Waals surface area contributed by atoms with Gasteiger partial charge in [0.2, 0.25) is 0 Å².